The van der Waals surface area contributed by atoms with E-state index in [1.165, 1.54) is 25.3 Å². The number of likely N-dealkylation sites (tertiary alicyclic amines) is 1. The van der Waals surface area contributed by atoms with Gasteiger partial charge in [-0.05, 0) is 61.7 Å². The van der Waals surface area contributed by atoms with Gasteiger partial charge in [0.15, 0.2) is 0 Å². The molecule has 1 saturated heterocycles. The van der Waals surface area contributed by atoms with Crippen LogP contribution in [0.5, 0.6) is 0 Å². The van der Waals surface area contributed by atoms with E-state index in [2.05, 4.69) is 0 Å². The first-order chi connectivity index (χ1) is 16.3. The third kappa shape index (κ3) is 6.33. The Morgan fingerprint density at radius 1 is 1.00 bits per heavy atom. The Bertz CT molecular complexity index is 1060. The van der Waals surface area contributed by atoms with Crippen molar-refractivity contribution in [1.82, 2.24) is 4.90 Å². The molecular weight excluding hydrogens is 463 g/mol. The van der Waals surface area contributed by atoms with Gasteiger partial charge in [0.2, 0.25) is 0 Å². The number of ether oxygens (including phenoxy) is 3. The summed E-state index contributed by atoms with van der Waals surface area (Å²) in [7, 11) is 2.81. The number of benzene rings is 2. The second-order valence-corrected chi connectivity index (χ2v) is 9.58. The highest BCUT2D eigenvalue weighted by molar-refractivity contribution is 5.90. The van der Waals surface area contributed by atoms with Gasteiger partial charge in [-0.2, -0.15) is 13.2 Å². The Hall–Kier alpha value is -3.07. The molecule has 0 saturated carbocycles. The average molecular weight is 494 g/mol. The smallest absolute Gasteiger partial charge is 0.416 e. The summed E-state index contributed by atoms with van der Waals surface area (Å²) >= 11 is 0. The van der Waals surface area contributed by atoms with E-state index in [0.29, 0.717) is 35.4 Å². The SMILES string of the molecule is COC[C@H]1CN(C(=O)OC(C)(C)C)C[C@@H]1c1ccc(C(F)(F)F)cc1-c1ccc(C(=O)OC)cc1. The number of carbonyl (C=O) groups excluding carboxylic acids is 2. The molecule has 0 bridgehead atoms. The van der Waals surface area contributed by atoms with E-state index in [9.17, 15) is 22.8 Å². The summed E-state index contributed by atoms with van der Waals surface area (Å²) in [6.07, 6.45) is -5.00. The molecule has 2 aromatic rings. The molecule has 9 heteroatoms. The van der Waals surface area contributed by atoms with Crippen molar-refractivity contribution < 1.29 is 37.0 Å². The van der Waals surface area contributed by atoms with Gasteiger partial charge in [0.1, 0.15) is 5.60 Å². The standard InChI is InChI=1S/C26H30F3NO5/c1-25(2,3)35-24(32)30-13-18(15-33-4)22(14-30)20-11-10-19(26(27,28)29)12-21(20)16-6-8-17(9-7-16)23(31)34-5/h6-12,18,22H,13-15H2,1-5H3/t18-,22+/m1/s1. The normalized spacial score (nSPS) is 18.5. The lowest BCUT2D eigenvalue weighted by atomic mass is 9.83. The van der Waals surface area contributed by atoms with Gasteiger partial charge in [-0.1, -0.05) is 18.2 Å². The molecule has 1 aliphatic heterocycles. The Kier molecular flexibility index (Phi) is 7.79. The largest absolute Gasteiger partial charge is 0.465 e. The number of alkyl halides is 3. The zero-order valence-electron chi connectivity index (χ0n) is 20.4. The summed E-state index contributed by atoms with van der Waals surface area (Å²) in [4.78, 5) is 26.1. The van der Waals surface area contributed by atoms with Crippen molar-refractivity contribution in [2.45, 2.75) is 38.5 Å². The molecule has 0 N–H and O–H groups in total. The van der Waals surface area contributed by atoms with Crippen LogP contribution >= 0.6 is 0 Å². The number of amides is 1. The highest BCUT2D eigenvalue weighted by Gasteiger charge is 2.40. The molecule has 35 heavy (non-hydrogen) atoms. The Balaban J connectivity index is 2.05. The number of carbonyl (C=O) groups is 2. The van der Waals surface area contributed by atoms with Gasteiger partial charge in [0, 0.05) is 32.0 Å². The minimum Gasteiger partial charge on any atom is -0.465 e. The van der Waals surface area contributed by atoms with Crippen LogP contribution < -0.4 is 0 Å². The molecule has 1 amide bonds. The number of nitrogens with zero attached hydrogens (tertiary/aromatic N) is 1. The molecule has 1 aliphatic rings. The van der Waals surface area contributed by atoms with Crippen LogP contribution in [0.25, 0.3) is 11.1 Å². The van der Waals surface area contributed by atoms with Crippen LogP contribution in [0.1, 0.15) is 48.2 Å². The molecule has 190 valence electrons. The third-order valence-electron chi connectivity index (χ3n) is 5.87. The van der Waals surface area contributed by atoms with Crippen LogP contribution in [0.3, 0.4) is 0 Å². The van der Waals surface area contributed by atoms with Crippen LogP contribution in [-0.4, -0.2) is 56.5 Å². The first kappa shape index (κ1) is 26.5. The topological polar surface area (TPSA) is 65.1 Å². The predicted octanol–water partition coefficient (Wildman–Crippen LogP) is 5.76. The van der Waals surface area contributed by atoms with Gasteiger partial charge in [0.25, 0.3) is 0 Å². The van der Waals surface area contributed by atoms with Crippen LogP contribution in [0, 0.1) is 5.92 Å². The quantitative estimate of drug-likeness (QED) is 0.496. The summed E-state index contributed by atoms with van der Waals surface area (Å²) in [5.74, 6) is -0.956. The zero-order valence-corrected chi connectivity index (χ0v) is 20.4. The fourth-order valence-electron chi connectivity index (χ4n) is 4.29. The van der Waals surface area contributed by atoms with Crippen LogP contribution in [0.2, 0.25) is 0 Å². The molecule has 0 aromatic heterocycles. The van der Waals surface area contributed by atoms with Crippen LogP contribution in [-0.2, 0) is 20.4 Å². The molecule has 6 nitrogen and oxygen atoms in total. The summed E-state index contributed by atoms with van der Waals surface area (Å²) in [5.41, 5.74) is 0.404. The molecule has 0 spiro atoms. The van der Waals surface area contributed by atoms with Gasteiger partial charge >= 0.3 is 18.2 Å². The van der Waals surface area contributed by atoms with E-state index in [0.717, 1.165) is 12.1 Å². The molecule has 0 unspecified atom stereocenters. The van der Waals surface area contributed by atoms with Crippen molar-refractivity contribution in [2.24, 2.45) is 5.92 Å². The summed E-state index contributed by atoms with van der Waals surface area (Å²) in [6.45, 7) is 6.29. The van der Waals surface area contributed by atoms with Crippen LogP contribution in [0.15, 0.2) is 42.5 Å². The van der Waals surface area contributed by atoms with E-state index in [1.807, 2.05) is 0 Å². The first-order valence-corrected chi connectivity index (χ1v) is 11.2. The maximum Gasteiger partial charge on any atom is 0.416 e. The molecule has 0 radical (unpaired) electrons. The Morgan fingerprint density at radius 3 is 2.20 bits per heavy atom. The predicted molar refractivity (Wildman–Crippen MR) is 124 cm³/mol. The lowest BCUT2D eigenvalue weighted by molar-refractivity contribution is -0.137. The van der Waals surface area contributed by atoms with Gasteiger partial charge in [-0.15, -0.1) is 0 Å². The Morgan fingerprint density at radius 2 is 1.66 bits per heavy atom. The number of hydrogen-bond donors (Lipinski definition) is 0. The van der Waals surface area contributed by atoms with Crippen LogP contribution in [0.4, 0.5) is 18.0 Å². The fraction of sp³-hybridized carbons (Fsp3) is 0.462. The molecule has 2 atom stereocenters. The molecular formula is C26H30F3NO5. The third-order valence-corrected chi connectivity index (χ3v) is 5.87. The minimum atomic E-state index is -4.52. The second kappa shape index (κ2) is 10.3. The van der Waals surface area contributed by atoms with Gasteiger partial charge in [-0.3, -0.25) is 0 Å². The average Bonchev–Trinajstić information content (AvgIpc) is 3.21. The lowest BCUT2D eigenvalue weighted by Crippen LogP contribution is -2.35. The highest BCUT2D eigenvalue weighted by Crippen LogP contribution is 2.41. The number of hydrogen-bond acceptors (Lipinski definition) is 5. The maximum atomic E-state index is 13.6. The molecule has 1 fully saturated rings. The van der Waals surface area contributed by atoms with Crippen molar-refractivity contribution in [1.29, 1.82) is 0 Å². The number of rotatable bonds is 5. The van der Waals surface area contributed by atoms with Crippen molar-refractivity contribution in [3.8, 4) is 11.1 Å². The monoisotopic (exact) mass is 493 g/mol. The zero-order chi connectivity index (χ0) is 26.0. The molecule has 2 aromatic carbocycles. The molecule has 3 rings (SSSR count). The lowest BCUT2D eigenvalue weighted by Gasteiger charge is -2.24. The van der Waals surface area contributed by atoms with Crippen molar-refractivity contribution in [3.63, 3.8) is 0 Å². The van der Waals surface area contributed by atoms with Gasteiger partial charge in [0.05, 0.1) is 24.8 Å². The van der Waals surface area contributed by atoms with E-state index in [4.69, 9.17) is 14.2 Å². The van der Waals surface area contributed by atoms with E-state index in [1.54, 1.807) is 44.9 Å². The highest BCUT2D eigenvalue weighted by atomic mass is 19.4. The number of esters is 1. The second-order valence-electron chi connectivity index (χ2n) is 9.58. The van der Waals surface area contributed by atoms with Crippen molar-refractivity contribution in [2.75, 3.05) is 33.9 Å². The van der Waals surface area contributed by atoms with E-state index in [-0.39, 0.29) is 18.4 Å². The minimum absolute atomic E-state index is 0.141. The summed E-state index contributed by atoms with van der Waals surface area (Å²) < 4.78 is 56.3. The number of halogens is 3. The number of methoxy groups -OCH3 is 2. The first-order valence-electron chi connectivity index (χ1n) is 11.2. The summed E-state index contributed by atoms with van der Waals surface area (Å²) in [5, 5.41) is 0. The molecule has 1 heterocycles. The molecule has 0 aliphatic carbocycles. The van der Waals surface area contributed by atoms with Crippen molar-refractivity contribution in [3.05, 3.63) is 59.2 Å². The maximum absolute atomic E-state index is 13.6. The van der Waals surface area contributed by atoms with Gasteiger partial charge in [-0.25, -0.2) is 9.59 Å². The van der Waals surface area contributed by atoms with E-state index >= 15 is 0 Å². The fourth-order valence-corrected chi connectivity index (χ4v) is 4.29. The van der Waals surface area contributed by atoms with E-state index < -0.39 is 29.4 Å². The Labute approximate surface area is 203 Å². The van der Waals surface area contributed by atoms with Gasteiger partial charge < -0.3 is 19.1 Å². The van der Waals surface area contributed by atoms with Crippen molar-refractivity contribution >= 4 is 12.1 Å². The summed E-state index contributed by atoms with van der Waals surface area (Å²) in [6, 6.07) is 9.86.